The SMILES string of the molecule is COc1ccnc(N2CCN(C(=O)c3ccc4[nH]c5c(c4c3)CCCC5)CC2)n1. The van der Waals surface area contributed by atoms with Crippen LogP contribution in [0.1, 0.15) is 34.5 Å². The molecule has 0 unspecified atom stereocenters. The number of fused-ring (bicyclic) bond motifs is 3. The first-order chi connectivity index (χ1) is 14.2. The first kappa shape index (κ1) is 18.0. The van der Waals surface area contributed by atoms with Gasteiger partial charge in [-0.15, -0.1) is 0 Å². The van der Waals surface area contributed by atoms with Crippen LogP contribution in [0.4, 0.5) is 5.95 Å². The molecule has 1 aliphatic carbocycles. The normalized spacial score (nSPS) is 16.7. The quantitative estimate of drug-likeness (QED) is 0.743. The summed E-state index contributed by atoms with van der Waals surface area (Å²) in [7, 11) is 1.60. The fourth-order valence-electron chi connectivity index (χ4n) is 4.43. The average Bonchev–Trinajstić information content (AvgIpc) is 3.16. The van der Waals surface area contributed by atoms with E-state index < -0.39 is 0 Å². The number of nitrogens with zero attached hydrogens (tertiary/aromatic N) is 4. The van der Waals surface area contributed by atoms with Crippen LogP contribution >= 0.6 is 0 Å². The van der Waals surface area contributed by atoms with E-state index in [0.717, 1.165) is 23.9 Å². The van der Waals surface area contributed by atoms with Crippen molar-refractivity contribution in [2.24, 2.45) is 0 Å². The third-order valence-corrected chi connectivity index (χ3v) is 6.02. The first-order valence-corrected chi connectivity index (χ1v) is 10.3. The number of hydrogen-bond acceptors (Lipinski definition) is 5. The second-order valence-electron chi connectivity index (χ2n) is 7.73. The second-order valence-corrected chi connectivity index (χ2v) is 7.73. The molecule has 7 nitrogen and oxygen atoms in total. The molecule has 1 N–H and O–H groups in total. The summed E-state index contributed by atoms with van der Waals surface area (Å²) in [5.74, 6) is 1.30. The predicted octanol–water partition coefficient (Wildman–Crippen LogP) is 2.81. The largest absolute Gasteiger partial charge is 0.481 e. The fourth-order valence-corrected chi connectivity index (χ4v) is 4.43. The van der Waals surface area contributed by atoms with Crippen molar-refractivity contribution in [2.75, 3.05) is 38.2 Å². The molecule has 0 saturated carbocycles. The maximum Gasteiger partial charge on any atom is 0.253 e. The topological polar surface area (TPSA) is 74.3 Å². The van der Waals surface area contributed by atoms with Crippen LogP contribution in [0.2, 0.25) is 0 Å². The van der Waals surface area contributed by atoms with Gasteiger partial charge < -0.3 is 19.5 Å². The average molecular weight is 391 g/mol. The van der Waals surface area contributed by atoms with Crippen molar-refractivity contribution in [3.05, 3.63) is 47.3 Å². The molecule has 1 saturated heterocycles. The number of hydrogen-bond donors (Lipinski definition) is 1. The fraction of sp³-hybridized carbons (Fsp3) is 0.409. The summed E-state index contributed by atoms with van der Waals surface area (Å²) in [5.41, 5.74) is 4.67. The van der Waals surface area contributed by atoms with Crippen LogP contribution in [0.15, 0.2) is 30.5 Å². The Labute approximate surface area is 169 Å². The lowest BCUT2D eigenvalue weighted by Gasteiger charge is -2.34. The number of piperazine rings is 1. The Morgan fingerprint density at radius 2 is 1.93 bits per heavy atom. The molecule has 7 heteroatoms. The third kappa shape index (κ3) is 3.30. The molecule has 29 heavy (non-hydrogen) atoms. The van der Waals surface area contributed by atoms with Crippen molar-refractivity contribution in [2.45, 2.75) is 25.7 Å². The van der Waals surface area contributed by atoms with Gasteiger partial charge in [-0.1, -0.05) is 0 Å². The van der Waals surface area contributed by atoms with Gasteiger partial charge in [0.15, 0.2) is 0 Å². The molecule has 1 fully saturated rings. The maximum absolute atomic E-state index is 13.1. The molecule has 1 amide bonds. The number of aromatic amines is 1. The van der Waals surface area contributed by atoms with Crippen molar-refractivity contribution < 1.29 is 9.53 Å². The Hall–Kier alpha value is -3.09. The van der Waals surface area contributed by atoms with Crippen LogP contribution in [-0.4, -0.2) is 59.0 Å². The molecule has 1 aromatic carbocycles. The number of rotatable bonds is 3. The van der Waals surface area contributed by atoms with E-state index >= 15 is 0 Å². The number of H-pyrrole nitrogens is 1. The minimum Gasteiger partial charge on any atom is -0.481 e. The number of nitrogens with one attached hydrogen (secondary N) is 1. The molecule has 150 valence electrons. The lowest BCUT2D eigenvalue weighted by molar-refractivity contribution is 0.0746. The van der Waals surface area contributed by atoms with Crippen LogP contribution < -0.4 is 9.64 Å². The van der Waals surface area contributed by atoms with Crippen molar-refractivity contribution in [3.63, 3.8) is 0 Å². The van der Waals surface area contributed by atoms with E-state index in [1.807, 2.05) is 11.0 Å². The minimum absolute atomic E-state index is 0.101. The van der Waals surface area contributed by atoms with Gasteiger partial charge in [0.1, 0.15) is 0 Å². The van der Waals surface area contributed by atoms with Crippen LogP contribution in [0.3, 0.4) is 0 Å². The summed E-state index contributed by atoms with van der Waals surface area (Å²) in [5, 5.41) is 1.22. The Kier molecular flexibility index (Phi) is 4.58. The van der Waals surface area contributed by atoms with Gasteiger partial charge in [0.25, 0.3) is 5.91 Å². The van der Waals surface area contributed by atoms with Crippen molar-refractivity contribution in [3.8, 4) is 5.88 Å². The Bertz CT molecular complexity index is 1050. The van der Waals surface area contributed by atoms with E-state index in [2.05, 4.69) is 32.0 Å². The highest BCUT2D eigenvalue weighted by molar-refractivity contribution is 5.99. The zero-order valence-electron chi connectivity index (χ0n) is 16.6. The summed E-state index contributed by atoms with van der Waals surface area (Å²) in [4.78, 5) is 29.4. The van der Waals surface area contributed by atoms with Gasteiger partial charge in [-0.25, -0.2) is 4.98 Å². The van der Waals surface area contributed by atoms with Gasteiger partial charge in [0, 0.05) is 60.6 Å². The summed E-state index contributed by atoms with van der Waals surface area (Å²) in [6.45, 7) is 2.73. The molecule has 0 radical (unpaired) electrons. The molecule has 2 aliphatic rings. The van der Waals surface area contributed by atoms with Gasteiger partial charge in [-0.3, -0.25) is 4.79 Å². The zero-order chi connectivity index (χ0) is 19.8. The van der Waals surface area contributed by atoms with Gasteiger partial charge in [0.2, 0.25) is 11.8 Å². The molecule has 0 spiro atoms. The van der Waals surface area contributed by atoms with Gasteiger partial charge in [0.05, 0.1) is 7.11 Å². The molecular formula is C22H25N5O2. The number of methoxy groups -OCH3 is 1. The maximum atomic E-state index is 13.1. The Morgan fingerprint density at radius 3 is 2.76 bits per heavy atom. The van der Waals surface area contributed by atoms with E-state index in [1.54, 1.807) is 19.4 Å². The number of carbonyl (C=O) groups is 1. The number of aromatic nitrogens is 3. The standard InChI is InChI=1S/C22H25N5O2/c1-29-20-8-9-23-22(25-20)27-12-10-26(11-13-27)21(28)15-6-7-19-17(14-15)16-4-2-3-5-18(16)24-19/h6-9,14,24H,2-5,10-13H2,1H3. The van der Waals surface area contributed by atoms with Gasteiger partial charge >= 0.3 is 0 Å². The third-order valence-electron chi connectivity index (χ3n) is 6.02. The number of aryl methyl sites for hydroxylation is 2. The number of ether oxygens (including phenoxy) is 1. The minimum atomic E-state index is 0.101. The highest BCUT2D eigenvalue weighted by Gasteiger charge is 2.24. The Morgan fingerprint density at radius 1 is 1.10 bits per heavy atom. The van der Waals surface area contributed by atoms with Crippen molar-refractivity contribution in [1.29, 1.82) is 0 Å². The Balaban J connectivity index is 1.31. The van der Waals surface area contributed by atoms with Crippen LogP contribution in [0, 0.1) is 0 Å². The van der Waals surface area contributed by atoms with Crippen molar-refractivity contribution >= 4 is 22.8 Å². The van der Waals surface area contributed by atoms with Crippen LogP contribution in [0.5, 0.6) is 5.88 Å². The molecular weight excluding hydrogens is 366 g/mol. The molecule has 1 aliphatic heterocycles. The number of benzene rings is 1. The number of anilines is 1. The van der Waals surface area contributed by atoms with Crippen LogP contribution in [0.25, 0.3) is 10.9 Å². The van der Waals surface area contributed by atoms with E-state index in [4.69, 9.17) is 4.74 Å². The number of carbonyl (C=O) groups excluding carboxylic acids is 1. The summed E-state index contributed by atoms with van der Waals surface area (Å²) in [6.07, 6.45) is 6.39. The lowest BCUT2D eigenvalue weighted by atomic mass is 9.95. The molecule has 2 aromatic heterocycles. The first-order valence-electron chi connectivity index (χ1n) is 10.3. The summed E-state index contributed by atoms with van der Waals surface area (Å²) >= 11 is 0. The van der Waals surface area contributed by atoms with E-state index in [1.165, 1.54) is 29.5 Å². The van der Waals surface area contributed by atoms with Gasteiger partial charge in [-0.05, 0) is 49.4 Å². The monoisotopic (exact) mass is 391 g/mol. The van der Waals surface area contributed by atoms with Gasteiger partial charge in [-0.2, -0.15) is 4.98 Å². The van der Waals surface area contributed by atoms with E-state index in [9.17, 15) is 4.79 Å². The molecule has 0 atom stereocenters. The lowest BCUT2D eigenvalue weighted by Crippen LogP contribution is -2.49. The van der Waals surface area contributed by atoms with Crippen LogP contribution in [-0.2, 0) is 12.8 Å². The smallest absolute Gasteiger partial charge is 0.253 e. The number of amides is 1. The van der Waals surface area contributed by atoms with E-state index in [0.29, 0.717) is 38.0 Å². The highest BCUT2D eigenvalue weighted by Crippen LogP contribution is 2.30. The summed E-state index contributed by atoms with van der Waals surface area (Å²) < 4.78 is 5.19. The molecule has 5 rings (SSSR count). The highest BCUT2D eigenvalue weighted by atomic mass is 16.5. The molecule has 3 aromatic rings. The van der Waals surface area contributed by atoms with Crippen molar-refractivity contribution in [1.82, 2.24) is 19.9 Å². The van der Waals surface area contributed by atoms with E-state index in [-0.39, 0.29) is 5.91 Å². The molecule has 3 heterocycles. The second kappa shape index (κ2) is 7.39. The summed E-state index contributed by atoms with van der Waals surface area (Å²) in [6, 6.07) is 7.82. The zero-order valence-corrected chi connectivity index (χ0v) is 16.6. The molecule has 0 bridgehead atoms. The predicted molar refractivity (Wildman–Crippen MR) is 112 cm³/mol.